The molecule has 10 aromatic rings. The molecule has 1 spiro atoms. The van der Waals surface area contributed by atoms with Gasteiger partial charge in [0.15, 0.2) is 5.82 Å². The molecule has 1 aromatic heterocycles. The molecule has 0 atom stereocenters. The Kier molecular flexibility index (Phi) is 8.11. The van der Waals surface area contributed by atoms with E-state index in [9.17, 15) is 0 Å². The molecule has 2 aliphatic carbocycles. The van der Waals surface area contributed by atoms with Crippen LogP contribution in [0, 0.1) is 0 Å². The summed E-state index contributed by atoms with van der Waals surface area (Å²) in [5.74, 6) is 0.709. The van der Waals surface area contributed by atoms with Gasteiger partial charge in [0.05, 0.1) is 16.8 Å². The van der Waals surface area contributed by atoms with Gasteiger partial charge in [0, 0.05) is 16.7 Å². The van der Waals surface area contributed by atoms with Crippen LogP contribution in [0.15, 0.2) is 231 Å². The van der Waals surface area contributed by atoms with Crippen molar-refractivity contribution in [1.29, 1.82) is 0 Å². The van der Waals surface area contributed by atoms with Crippen molar-refractivity contribution in [3.8, 4) is 89.5 Å². The minimum atomic E-state index is -0.333. The van der Waals surface area contributed by atoms with E-state index < -0.39 is 0 Å². The van der Waals surface area contributed by atoms with Gasteiger partial charge in [0.1, 0.15) is 0 Å². The van der Waals surface area contributed by atoms with Crippen LogP contribution in [0.3, 0.4) is 0 Å². The largest absolute Gasteiger partial charge is 0.228 e. The van der Waals surface area contributed by atoms with Crippen LogP contribution in [-0.2, 0) is 5.41 Å². The van der Waals surface area contributed by atoms with Crippen molar-refractivity contribution in [3.63, 3.8) is 0 Å². The number of hydrogen-bond acceptors (Lipinski definition) is 2. The highest BCUT2D eigenvalue weighted by atomic mass is 14.9. The van der Waals surface area contributed by atoms with Gasteiger partial charge in [-0.25, -0.2) is 9.97 Å². The van der Waals surface area contributed by atoms with Crippen LogP contribution in [0.4, 0.5) is 0 Å². The maximum absolute atomic E-state index is 5.11. The maximum Gasteiger partial charge on any atom is 0.160 e. The van der Waals surface area contributed by atoms with Gasteiger partial charge in [-0.2, -0.15) is 0 Å². The number of benzene rings is 9. The lowest BCUT2D eigenvalue weighted by Gasteiger charge is -2.30. The van der Waals surface area contributed by atoms with Crippen LogP contribution in [0.25, 0.3) is 89.5 Å². The predicted octanol–water partition coefficient (Wildman–Crippen LogP) is 14.8. The normalized spacial score (nSPS) is 12.7. The van der Waals surface area contributed by atoms with Crippen LogP contribution in [0.2, 0.25) is 0 Å². The van der Waals surface area contributed by atoms with E-state index in [2.05, 4.69) is 206 Å². The first-order valence-corrected chi connectivity index (χ1v) is 21.0. The summed E-state index contributed by atoms with van der Waals surface area (Å²) in [6.07, 6.45) is 0. The third kappa shape index (κ3) is 5.64. The standard InChI is InChI=1S/C59H38N2/c1-3-14-39(15-4-1)40-26-30-42(31-27-40)56-38-57(61-58(60-56)44-16-5-2-6-17-44)43-32-28-41(29-33-43)45-18-13-19-46(36-45)47-34-35-55-51(37-47)50-22-9-12-25-54(50)59(55)52-23-10-7-20-48(52)49-21-8-11-24-53(49)59/h1-38H. The Bertz CT molecular complexity index is 3230. The fourth-order valence-corrected chi connectivity index (χ4v) is 9.91. The first-order chi connectivity index (χ1) is 30.2. The third-order valence-electron chi connectivity index (χ3n) is 12.8. The predicted molar refractivity (Wildman–Crippen MR) is 251 cm³/mol. The Labute approximate surface area is 356 Å². The molecular formula is C59H38N2. The lowest BCUT2D eigenvalue weighted by Crippen LogP contribution is -2.25. The van der Waals surface area contributed by atoms with Crippen molar-refractivity contribution in [3.05, 3.63) is 253 Å². The molecule has 0 saturated carbocycles. The second-order valence-corrected chi connectivity index (χ2v) is 16.1. The minimum Gasteiger partial charge on any atom is -0.228 e. The Balaban J connectivity index is 0.895. The van der Waals surface area contributed by atoms with Crippen molar-refractivity contribution < 1.29 is 0 Å². The zero-order valence-electron chi connectivity index (χ0n) is 33.3. The first-order valence-electron chi connectivity index (χ1n) is 21.0. The van der Waals surface area contributed by atoms with Gasteiger partial charge in [0.2, 0.25) is 0 Å². The Hall–Kier alpha value is -7.94. The summed E-state index contributed by atoms with van der Waals surface area (Å²) < 4.78 is 0. The van der Waals surface area contributed by atoms with E-state index in [4.69, 9.17) is 9.97 Å². The molecule has 0 fully saturated rings. The quantitative estimate of drug-likeness (QED) is 0.168. The smallest absolute Gasteiger partial charge is 0.160 e. The molecule has 0 N–H and O–H groups in total. The molecule has 2 nitrogen and oxygen atoms in total. The molecule has 9 aromatic carbocycles. The summed E-state index contributed by atoms with van der Waals surface area (Å²) in [5.41, 5.74) is 22.4. The number of rotatable bonds is 6. The Morgan fingerprint density at radius 3 is 1.15 bits per heavy atom. The van der Waals surface area contributed by atoms with Gasteiger partial charge in [0.25, 0.3) is 0 Å². The monoisotopic (exact) mass is 774 g/mol. The van der Waals surface area contributed by atoms with E-state index in [0.717, 1.165) is 33.6 Å². The molecule has 1 heterocycles. The number of hydrogen-bond donors (Lipinski definition) is 0. The van der Waals surface area contributed by atoms with Crippen LogP contribution >= 0.6 is 0 Å². The lowest BCUT2D eigenvalue weighted by atomic mass is 9.70. The molecule has 0 bridgehead atoms. The summed E-state index contributed by atoms with van der Waals surface area (Å²) in [7, 11) is 0. The highest BCUT2D eigenvalue weighted by Crippen LogP contribution is 2.63. The average molecular weight is 775 g/mol. The van der Waals surface area contributed by atoms with Crippen LogP contribution in [0.1, 0.15) is 22.3 Å². The molecule has 0 unspecified atom stereocenters. The molecule has 0 radical (unpaired) electrons. The molecule has 2 heteroatoms. The molecular weight excluding hydrogens is 737 g/mol. The molecule has 0 amide bonds. The topological polar surface area (TPSA) is 25.8 Å². The van der Waals surface area contributed by atoms with Crippen molar-refractivity contribution in [2.24, 2.45) is 0 Å². The molecule has 61 heavy (non-hydrogen) atoms. The van der Waals surface area contributed by atoms with E-state index in [1.807, 2.05) is 24.3 Å². The summed E-state index contributed by atoms with van der Waals surface area (Å²) in [4.78, 5) is 10.2. The van der Waals surface area contributed by atoms with Crippen LogP contribution < -0.4 is 0 Å². The summed E-state index contributed by atoms with van der Waals surface area (Å²) >= 11 is 0. The Morgan fingerprint density at radius 1 is 0.230 bits per heavy atom. The molecule has 0 saturated heterocycles. The third-order valence-corrected chi connectivity index (χ3v) is 12.8. The van der Waals surface area contributed by atoms with Crippen molar-refractivity contribution in [2.45, 2.75) is 5.41 Å². The fourth-order valence-electron chi connectivity index (χ4n) is 9.91. The maximum atomic E-state index is 5.11. The van der Waals surface area contributed by atoms with E-state index in [1.165, 1.54) is 72.3 Å². The van der Waals surface area contributed by atoms with E-state index in [-0.39, 0.29) is 5.41 Å². The SMILES string of the molecule is c1ccc(-c2ccc(-c3cc(-c4ccc(-c5cccc(-c6ccc7c(c6)-c6ccccc6C76c7ccccc7-c7ccccc76)c5)cc4)nc(-c4ccccc4)n3)cc2)cc1. The van der Waals surface area contributed by atoms with Crippen LogP contribution in [-0.4, -0.2) is 9.97 Å². The minimum absolute atomic E-state index is 0.333. The molecule has 0 aliphatic heterocycles. The van der Waals surface area contributed by atoms with Gasteiger partial charge >= 0.3 is 0 Å². The highest BCUT2D eigenvalue weighted by molar-refractivity contribution is 5.96. The van der Waals surface area contributed by atoms with Gasteiger partial charge in [-0.05, 0) is 96.1 Å². The molecule has 12 rings (SSSR count). The Morgan fingerprint density at radius 2 is 0.590 bits per heavy atom. The number of fused-ring (bicyclic) bond motifs is 10. The van der Waals surface area contributed by atoms with Gasteiger partial charge in [-0.3, -0.25) is 0 Å². The van der Waals surface area contributed by atoms with Crippen molar-refractivity contribution >= 4 is 0 Å². The summed E-state index contributed by atoms with van der Waals surface area (Å²) in [6, 6.07) is 83.3. The van der Waals surface area contributed by atoms with Gasteiger partial charge < -0.3 is 0 Å². The fraction of sp³-hybridized carbons (Fsp3) is 0.0169. The first kappa shape index (κ1) is 35.0. The number of aromatic nitrogens is 2. The molecule has 284 valence electrons. The molecule has 2 aliphatic rings. The van der Waals surface area contributed by atoms with Gasteiger partial charge in [-0.1, -0.05) is 212 Å². The van der Waals surface area contributed by atoms with Crippen LogP contribution in [0.5, 0.6) is 0 Å². The van der Waals surface area contributed by atoms with E-state index >= 15 is 0 Å². The van der Waals surface area contributed by atoms with E-state index in [1.54, 1.807) is 0 Å². The zero-order valence-corrected chi connectivity index (χ0v) is 33.3. The van der Waals surface area contributed by atoms with E-state index in [0.29, 0.717) is 5.82 Å². The van der Waals surface area contributed by atoms with Gasteiger partial charge in [-0.15, -0.1) is 0 Å². The zero-order chi connectivity index (χ0) is 40.3. The lowest BCUT2D eigenvalue weighted by molar-refractivity contribution is 0.794. The average Bonchev–Trinajstić information content (AvgIpc) is 3.82. The summed E-state index contributed by atoms with van der Waals surface area (Å²) in [6.45, 7) is 0. The second-order valence-electron chi connectivity index (χ2n) is 16.1. The summed E-state index contributed by atoms with van der Waals surface area (Å²) in [5, 5.41) is 0. The highest BCUT2D eigenvalue weighted by Gasteiger charge is 2.51. The van der Waals surface area contributed by atoms with Crippen molar-refractivity contribution in [2.75, 3.05) is 0 Å². The van der Waals surface area contributed by atoms with Crippen molar-refractivity contribution in [1.82, 2.24) is 9.97 Å². The number of nitrogens with zero attached hydrogens (tertiary/aromatic N) is 2. The second kappa shape index (κ2) is 14.1.